The van der Waals surface area contributed by atoms with Crippen LogP contribution in [0.1, 0.15) is 29.0 Å². The molecule has 0 spiro atoms. The molecule has 5 heteroatoms. The molecule has 1 aromatic heterocycles. The molecule has 5 nitrogen and oxygen atoms in total. The Morgan fingerprint density at radius 1 is 1.13 bits per heavy atom. The third-order valence-electron chi connectivity index (χ3n) is 4.18. The van der Waals surface area contributed by atoms with Gasteiger partial charge in [0.15, 0.2) is 0 Å². The maximum atomic E-state index is 12.4. The van der Waals surface area contributed by atoms with Crippen molar-refractivity contribution in [2.24, 2.45) is 0 Å². The van der Waals surface area contributed by atoms with Gasteiger partial charge in [-0.1, -0.05) is 0 Å². The first-order valence-corrected chi connectivity index (χ1v) is 7.81. The summed E-state index contributed by atoms with van der Waals surface area (Å²) in [6.07, 6.45) is 3.35. The quantitative estimate of drug-likeness (QED) is 0.869. The summed E-state index contributed by atoms with van der Waals surface area (Å²) in [6.45, 7) is 3.21. The van der Waals surface area contributed by atoms with Gasteiger partial charge in [0.2, 0.25) is 0 Å². The Labute approximate surface area is 135 Å². The summed E-state index contributed by atoms with van der Waals surface area (Å²) in [5.41, 5.74) is 0.652. The fraction of sp³-hybridized carbons (Fsp3) is 0.389. The van der Waals surface area contributed by atoms with Crippen molar-refractivity contribution in [3.8, 4) is 11.5 Å². The Bertz CT molecular complexity index is 654. The van der Waals surface area contributed by atoms with Crippen LogP contribution in [0, 0.1) is 6.92 Å². The molecular weight excluding hydrogens is 294 g/mol. The Morgan fingerprint density at radius 3 is 2.35 bits per heavy atom. The molecule has 0 unspecified atom stereocenters. The Kier molecular flexibility index (Phi) is 4.55. The van der Waals surface area contributed by atoms with Crippen LogP contribution in [0.3, 0.4) is 0 Å². The van der Waals surface area contributed by atoms with Gasteiger partial charge in [-0.3, -0.25) is 4.79 Å². The highest BCUT2D eigenvalue weighted by atomic mass is 16.5. The predicted octanol–water partition coefficient (Wildman–Crippen LogP) is 3.28. The summed E-state index contributed by atoms with van der Waals surface area (Å²) in [4.78, 5) is 14.3. The number of amides is 1. The molecule has 0 N–H and O–H groups in total. The molecule has 1 amide bonds. The van der Waals surface area contributed by atoms with Gasteiger partial charge in [-0.2, -0.15) is 0 Å². The number of furan rings is 1. The van der Waals surface area contributed by atoms with Gasteiger partial charge in [-0.05, 0) is 37.3 Å². The van der Waals surface area contributed by atoms with Crippen LogP contribution < -0.4 is 9.47 Å². The molecule has 3 rings (SSSR count). The van der Waals surface area contributed by atoms with Crippen LogP contribution >= 0.6 is 0 Å². The summed E-state index contributed by atoms with van der Waals surface area (Å²) in [5, 5.41) is 0. The van der Waals surface area contributed by atoms with Crippen LogP contribution in [-0.2, 0) is 0 Å². The van der Waals surface area contributed by atoms with E-state index in [1.165, 1.54) is 0 Å². The van der Waals surface area contributed by atoms with Gasteiger partial charge >= 0.3 is 0 Å². The lowest BCUT2D eigenvalue weighted by molar-refractivity contribution is 0.0594. The number of nitrogens with zero attached hydrogens (tertiary/aromatic N) is 1. The van der Waals surface area contributed by atoms with Gasteiger partial charge in [-0.15, -0.1) is 0 Å². The van der Waals surface area contributed by atoms with Crippen molar-refractivity contribution >= 4 is 5.91 Å². The number of benzene rings is 1. The van der Waals surface area contributed by atoms with E-state index < -0.39 is 0 Å². The molecule has 0 saturated carbocycles. The minimum absolute atomic E-state index is 0.0409. The second-order valence-corrected chi connectivity index (χ2v) is 5.68. The number of piperidine rings is 1. The van der Waals surface area contributed by atoms with Gasteiger partial charge in [0, 0.05) is 25.9 Å². The van der Waals surface area contributed by atoms with Crippen LogP contribution in [0.4, 0.5) is 0 Å². The molecule has 0 bridgehead atoms. The van der Waals surface area contributed by atoms with Crippen LogP contribution in [0.15, 0.2) is 41.0 Å². The first-order chi connectivity index (χ1) is 11.2. The van der Waals surface area contributed by atoms with Crippen LogP contribution in [0.2, 0.25) is 0 Å². The van der Waals surface area contributed by atoms with Crippen molar-refractivity contribution in [2.45, 2.75) is 25.9 Å². The molecular formula is C18H21NO4. The summed E-state index contributed by atoms with van der Waals surface area (Å²) in [6, 6.07) is 9.32. The van der Waals surface area contributed by atoms with E-state index in [0.29, 0.717) is 24.4 Å². The van der Waals surface area contributed by atoms with Gasteiger partial charge < -0.3 is 18.8 Å². The number of methoxy groups -OCH3 is 1. The Balaban J connectivity index is 1.54. The highest BCUT2D eigenvalue weighted by Crippen LogP contribution is 2.23. The number of carbonyl (C=O) groups is 1. The average Bonchev–Trinajstić information content (AvgIpc) is 3.02. The minimum Gasteiger partial charge on any atom is -0.497 e. The van der Waals surface area contributed by atoms with Crippen molar-refractivity contribution in [3.05, 3.63) is 47.9 Å². The van der Waals surface area contributed by atoms with E-state index in [1.54, 1.807) is 19.4 Å². The zero-order valence-electron chi connectivity index (χ0n) is 13.5. The largest absolute Gasteiger partial charge is 0.497 e. The molecule has 2 aromatic rings. The van der Waals surface area contributed by atoms with Gasteiger partial charge in [0.1, 0.15) is 23.4 Å². The molecule has 1 aliphatic heterocycles. The third-order valence-corrected chi connectivity index (χ3v) is 4.18. The van der Waals surface area contributed by atoms with Crippen LogP contribution in [0.25, 0.3) is 0 Å². The first kappa shape index (κ1) is 15.5. The number of hydrogen-bond donors (Lipinski definition) is 0. The smallest absolute Gasteiger partial charge is 0.257 e. The fourth-order valence-electron chi connectivity index (χ4n) is 2.80. The summed E-state index contributed by atoms with van der Waals surface area (Å²) in [7, 11) is 1.64. The highest BCUT2D eigenvalue weighted by molar-refractivity contribution is 5.95. The Hall–Kier alpha value is -2.43. The number of aryl methyl sites for hydroxylation is 1. The van der Waals surface area contributed by atoms with Crippen molar-refractivity contribution in [1.82, 2.24) is 4.90 Å². The molecule has 0 aliphatic carbocycles. The standard InChI is InChI=1S/C18H21NO4/c1-13-17(9-12-22-13)18(20)19-10-7-16(8-11-19)23-15-5-3-14(21-2)4-6-15/h3-6,9,12,16H,7-8,10-11H2,1-2H3. The highest BCUT2D eigenvalue weighted by Gasteiger charge is 2.26. The average molecular weight is 315 g/mol. The number of rotatable bonds is 4. The van der Waals surface area contributed by atoms with E-state index in [9.17, 15) is 4.79 Å². The van der Waals surface area contributed by atoms with E-state index in [0.717, 1.165) is 24.3 Å². The molecule has 1 aliphatic rings. The van der Waals surface area contributed by atoms with Gasteiger partial charge in [-0.25, -0.2) is 0 Å². The fourth-order valence-corrected chi connectivity index (χ4v) is 2.80. The normalized spacial score (nSPS) is 15.5. The molecule has 1 aromatic carbocycles. The second-order valence-electron chi connectivity index (χ2n) is 5.68. The number of likely N-dealkylation sites (tertiary alicyclic amines) is 1. The van der Waals surface area contributed by atoms with E-state index in [4.69, 9.17) is 13.9 Å². The van der Waals surface area contributed by atoms with Gasteiger partial charge in [0.05, 0.1) is 18.9 Å². The lowest BCUT2D eigenvalue weighted by Gasteiger charge is -2.32. The van der Waals surface area contributed by atoms with Crippen LogP contribution in [0.5, 0.6) is 11.5 Å². The molecule has 1 fully saturated rings. The SMILES string of the molecule is COc1ccc(OC2CCN(C(=O)c3ccoc3C)CC2)cc1. The van der Waals surface area contributed by atoms with Gasteiger partial charge in [0.25, 0.3) is 5.91 Å². The zero-order valence-corrected chi connectivity index (χ0v) is 13.5. The maximum absolute atomic E-state index is 12.4. The first-order valence-electron chi connectivity index (χ1n) is 7.81. The van der Waals surface area contributed by atoms with E-state index in [-0.39, 0.29) is 12.0 Å². The minimum atomic E-state index is 0.0409. The molecule has 2 heterocycles. The number of carbonyl (C=O) groups excluding carboxylic acids is 1. The van der Waals surface area contributed by atoms with Crippen molar-refractivity contribution < 1.29 is 18.7 Å². The summed E-state index contributed by atoms with van der Waals surface area (Å²) < 4.78 is 16.3. The third kappa shape index (κ3) is 3.50. The molecule has 0 atom stereocenters. The summed E-state index contributed by atoms with van der Waals surface area (Å²) in [5.74, 6) is 2.36. The zero-order chi connectivity index (χ0) is 16.2. The van der Waals surface area contributed by atoms with Crippen molar-refractivity contribution in [3.63, 3.8) is 0 Å². The van der Waals surface area contributed by atoms with Crippen molar-refractivity contribution in [1.29, 1.82) is 0 Å². The predicted molar refractivity (Wildman–Crippen MR) is 86.0 cm³/mol. The molecule has 23 heavy (non-hydrogen) atoms. The van der Waals surface area contributed by atoms with E-state index in [2.05, 4.69) is 0 Å². The topological polar surface area (TPSA) is 51.9 Å². The lowest BCUT2D eigenvalue weighted by atomic mass is 10.1. The Morgan fingerprint density at radius 2 is 1.78 bits per heavy atom. The molecule has 122 valence electrons. The van der Waals surface area contributed by atoms with Crippen molar-refractivity contribution in [2.75, 3.05) is 20.2 Å². The monoisotopic (exact) mass is 315 g/mol. The summed E-state index contributed by atoms with van der Waals surface area (Å²) >= 11 is 0. The second kappa shape index (κ2) is 6.77. The number of ether oxygens (including phenoxy) is 2. The van der Waals surface area contributed by atoms with E-state index >= 15 is 0 Å². The lowest BCUT2D eigenvalue weighted by Crippen LogP contribution is -2.41. The maximum Gasteiger partial charge on any atom is 0.257 e. The van der Waals surface area contributed by atoms with E-state index in [1.807, 2.05) is 36.1 Å². The molecule has 0 radical (unpaired) electrons. The molecule has 1 saturated heterocycles. The van der Waals surface area contributed by atoms with Crippen LogP contribution in [-0.4, -0.2) is 37.1 Å². The number of hydrogen-bond acceptors (Lipinski definition) is 4.